The molecule has 1 aromatic rings. The van der Waals surface area contributed by atoms with Crippen LogP contribution in [-0.4, -0.2) is 35.6 Å². The fourth-order valence-electron chi connectivity index (χ4n) is 1.86. The van der Waals surface area contributed by atoms with Crippen LogP contribution in [0.5, 0.6) is 0 Å². The van der Waals surface area contributed by atoms with E-state index in [1.807, 2.05) is 17.9 Å². The molecule has 1 aromatic heterocycles. The molecule has 2 rings (SSSR count). The topological polar surface area (TPSA) is 65.5 Å². The van der Waals surface area contributed by atoms with Crippen LogP contribution in [0, 0.1) is 6.92 Å². The molecule has 0 atom stereocenters. The van der Waals surface area contributed by atoms with E-state index in [0.29, 0.717) is 13.1 Å². The number of nitrogens with one attached hydrogen (secondary N) is 1. The fourth-order valence-corrected chi connectivity index (χ4v) is 1.86. The van der Waals surface area contributed by atoms with Crippen LogP contribution in [-0.2, 0) is 11.4 Å². The highest BCUT2D eigenvalue weighted by molar-refractivity contribution is 5.82. The Morgan fingerprint density at radius 2 is 2.44 bits per heavy atom. The average Bonchev–Trinajstić information content (AvgIpc) is 2.28. The molecular weight excluding hydrogens is 206 g/mol. The molecule has 1 fully saturated rings. The Labute approximate surface area is 94.1 Å². The number of pyridine rings is 1. The lowest BCUT2D eigenvalue weighted by Gasteiger charge is -2.28. The van der Waals surface area contributed by atoms with Crippen molar-refractivity contribution >= 4 is 11.7 Å². The second-order valence-electron chi connectivity index (χ2n) is 3.91. The van der Waals surface area contributed by atoms with Gasteiger partial charge in [-0.2, -0.15) is 0 Å². The number of hydrogen-bond donors (Lipinski definition) is 2. The maximum atomic E-state index is 11.3. The van der Waals surface area contributed by atoms with Crippen LogP contribution in [0.15, 0.2) is 12.3 Å². The number of anilines is 1. The first-order chi connectivity index (χ1) is 7.70. The maximum Gasteiger partial charge on any atom is 0.239 e. The van der Waals surface area contributed by atoms with Gasteiger partial charge in [0.05, 0.1) is 13.2 Å². The molecule has 0 aromatic carbocycles. The number of carbonyl (C=O) groups excluding carboxylic acids is 1. The van der Waals surface area contributed by atoms with Crippen LogP contribution in [0.25, 0.3) is 0 Å². The summed E-state index contributed by atoms with van der Waals surface area (Å²) in [5.74, 6) is 0.853. The molecule has 0 saturated carbocycles. The number of hydrogen-bond acceptors (Lipinski definition) is 4. The lowest BCUT2D eigenvalue weighted by Crippen LogP contribution is -2.48. The first-order valence-electron chi connectivity index (χ1n) is 5.28. The molecule has 0 aliphatic carbocycles. The van der Waals surface area contributed by atoms with Gasteiger partial charge in [-0.25, -0.2) is 4.98 Å². The van der Waals surface area contributed by atoms with Gasteiger partial charge in [0, 0.05) is 19.3 Å². The van der Waals surface area contributed by atoms with Crippen molar-refractivity contribution in [3.8, 4) is 0 Å². The SMILES string of the molecule is Cc1cc(CO)cnc1N1CCNC(=O)C1. The third-order valence-electron chi connectivity index (χ3n) is 2.63. The monoisotopic (exact) mass is 221 g/mol. The Kier molecular flexibility index (Phi) is 3.05. The highest BCUT2D eigenvalue weighted by atomic mass is 16.3. The van der Waals surface area contributed by atoms with Crippen molar-refractivity contribution in [3.63, 3.8) is 0 Å². The van der Waals surface area contributed by atoms with Gasteiger partial charge in [-0.15, -0.1) is 0 Å². The van der Waals surface area contributed by atoms with Crippen LogP contribution in [0.1, 0.15) is 11.1 Å². The number of aliphatic hydroxyl groups excluding tert-OH is 1. The summed E-state index contributed by atoms with van der Waals surface area (Å²) in [7, 11) is 0. The molecule has 2 heterocycles. The molecule has 1 saturated heterocycles. The van der Waals surface area contributed by atoms with Crippen molar-refractivity contribution in [1.82, 2.24) is 10.3 Å². The van der Waals surface area contributed by atoms with Crippen molar-refractivity contribution in [1.29, 1.82) is 0 Å². The third-order valence-corrected chi connectivity index (χ3v) is 2.63. The van der Waals surface area contributed by atoms with Crippen LogP contribution in [0.3, 0.4) is 0 Å². The van der Waals surface area contributed by atoms with Gasteiger partial charge in [-0.05, 0) is 24.1 Å². The van der Waals surface area contributed by atoms with E-state index in [0.717, 1.165) is 23.5 Å². The third kappa shape index (κ3) is 2.14. The summed E-state index contributed by atoms with van der Waals surface area (Å²) >= 11 is 0. The number of aromatic nitrogens is 1. The Balaban J connectivity index is 2.22. The molecule has 0 bridgehead atoms. The van der Waals surface area contributed by atoms with Gasteiger partial charge in [-0.3, -0.25) is 4.79 Å². The quantitative estimate of drug-likeness (QED) is 0.727. The van der Waals surface area contributed by atoms with E-state index >= 15 is 0 Å². The van der Waals surface area contributed by atoms with E-state index in [9.17, 15) is 4.79 Å². The Morgan fingerprint density at radius 1 is 1.62 bits per heavy atom. The first kappa shape index (κ1) is 10.9. The summed E-state index contributed by atoms with van der Waals surface area (Å²) in [5, 5.41) is 11.8. The van der Waals surface area contributed by atoms with Gasteiger partial charge < -0.3 is 15.3 Å². The Bertz CT molecular complexity index is 406. The largest absolute Gasteiger partial charge is 0.392 e. The normalized spacial score (nSPS) is 16.1. The zero-order chi connectivity index (χ0) is 11.5. The Hall–Kier alpha value is -1.62. The molecule has 0 spiro atoms. The zero-order valence-corrected chi connectivity index (χ0v) is 9.23. The minimum absolute atomic E-state index is 0.00535. The molecule has 16 heavy (non-hydrogen) atoms. The lowest BCUT2D eigenvalue weighted by atomic mass is 10.2. The predicted molar refractivity (Wildman–Crippen MR) is 60.1 cm³/mol. The van der Waals surface area contributed by atoms with Gasteiger partial charge in [0.15, 0.2) is 0 Å². The fraction of sp³-hybridized carbons (Fsp3) is 0.455. The molecule has 5 nitrogen and oxygen atoms in total. The summed E-state index contributed by atoms with van der Waals surface area (Å²) in [6.45, 7) is 3.72. The van der Waals surface area contributed by atoms with Crippen LogP contribution < -0.4 is 10.2 Å². The van der Waals surface area contributed by atoms with Crippen molar-refractivity contribution in [2.45, 2.75) is 13.5 Å². The summed E-state index contributed by atoms with van der Waals surface area (Å²) < 4.78 is 0. The van der Waals surface area contributed by atoms with Crippen molar-refractivity contribution < 1.29 is 9.90 Å². The van der Waals surface area contributed by atoms with E-state index in [-0.39, 0.29) is 12.5 Å². The van der Waals surface area contributed by atoms with Crippen molar-refractivity contribution in [2.24, 2.45) is 0 Å². The standard InChI is InChI=1S/C11H15N3O2/c1-8-4-9(7-15)5-13-11(8)14-3-2-12-10(16)6-14/h4-5,15H,2-3,6-7H2,1H3,(H,12,16). The minimum atomic E-state index is -0.00535. The van der Waals surface area contributed by atoms with E-state index in [2.05, 4.69) is 10.3 Å². The number of aryl methyl sites for hydroxylation is 1. The van der Waals surface area contributed by atoms with Gasteiger partial charge in [0.1, 0.15) is 5.82 Å². The van der Waals surface area contributed by atoms with E-state index in [1.54, 1.807) is 6.20 Å². The molecule has 1 amide bonds. The molecule has 2 N–H and O–H groups in total. The molecule has 0 radical (unpaired) electrons. The number of nitrogens with zero attached hydrogens (tertiary/aromatic N) is 2. The Morgan fingerprint density at radius 3 is 3.06 bits per heavy atom. The number of rotatable bonds is 2. The first-order valence-corrected chi connectivity index (χ1v) is 5.28. The predicted octanol–water partition coefficient (Wildman–Crippen LogP) is -0.181. The molecular formula is C11H15N3O2. The van der Waals surface area contributed by atoms with Gasteiger partial charge in [0.2, 0.25) is 5.91 Å². The van der Waals surface area contributed by atoms with Gasteiger partial charge in [-0.1, -0.05) is 0 Å². The van der Waals surface area contributed by atoms with Crippen LogP contribution in [0.2, 0.25) is 0 Å². The van der Waals surface area contributed by atoms with E-state index < -0.39 is 0 Å². The highest BCUT2D eigenvalue weighted by Gasteiger charge is 2.18. The molecule has 5 heteroatoms. The maximum absolute atomic E-state index is 11.3. The van der Waals surface area contributed by atoms with E-state index in [1.165, 1.54) is 0 Å². The molecule has 1 aliphatic rings. The summed E-state index contributed by atoms with van der Waals surface area (Å²) in [5.41, 5.74) is 1.78. The van der Waals surface area contributed by atoms with Crippen molar-refractivity contribution in [3.05, 3.63) is 23.4 Å². The second kappa shape index (κ2) is 4.49. The summed E-state index contributed by atoms with van der Waals surface area (Å²) in [6.07, 6.45) is 1.65. The number of aliphatic hydroxyl groups is 1. The smallest absolute Gasteiger partial charge is 0.239 e. The van der Waals surface area contributed by atoms with E-state index in [4.69, 9.17) is 5.11 Å². The second-order valence-corrected chi connectivity index (χ2v) is 3.91. The van der Waals surface area contributed by atoms with Crippen LogP contribution >= 0.6 is 0 Å². The zero-order valence-electron chi connectivity index (χ0n) is 9.23. The minimum Gasteiger partial charge on any atom is -0.392 e. The summed E-state index contributed by atoms with van der Waals surface area (Å²) in [6, 6.07) is 1.90. The lowest BCUT2D eigenvalue weighted by molar-refractivity contribution is -0.120. The number of amides is 1. The highest BCUT2D eigenvalue weighted by Crippen LogP contribution is 2.18. The number of piperazine rings is 1. The van der Waals surface area contributed by atoms with Gasteiger partial charge in [0.25, 0.3) is 0 Å². The molecule has 1 aliphatic heterocycles. The van der Waals surface area contributed by atoms with Crippen molar-refractivity contribution in [2.75, 3.05) is 24.5 Å². The molecule has 0 unspecified atom stereocenters. The average molecular weight is 221 g/mol. The van der Waals surface area contributed by atoms with Crippen LogP contribution in [0.4, 0.5) is 5.82 Å². The van der Waals surface area contributed by atoms with Gasteiger partial charge >= 0.3 is 0 Å². The number of carbonyl (C=O) groups is 1. The summed E-state index contributed by atoms with van der Waals surface area (Å²) in [4.78, 5) is 17.5. The molecule has 86 valence electrons.